The molecule has 0 aliphatic carbocycles. The molecule has 0 aliphatic rings. The van der Waals surface area contributed by atoms with Gasteiger partial charge in [-0.2, -0.15) is 0 Å². The molecule has 0 aliphatic heterocycles. The molecule has 2 N–H and O–H groups in total. The quantitative estimate of drug-likeness (QED) is 0.773. The monoisotopic (exact) mass is 310 g/mol. The number of carbonyl (C=O) groups is 1. The number of aryl methyl sites for hydroxylation is 1. The van der Waals surface area contributed by atoms with Crippen molar-refractivity contribution in [1.82, 2.24) is 9.55 Å². The van der Waals surface area contributed by atoms with Crippen LogP contribution in [0.25, 0.3) is 11.0 Å². The molecule has 0 atom stereocenters. The van der Waals surface area contributed by atoms with Gasteiger partial charge in [0, 0.05) is 5.69 Å². The van der Waals surface area contributed by atoms with Gasteiger partial charge in [0.1, 0.15) is 11.4 Å². The molecule has 0 saturated carbocycles. The van der Waals surface area contributed by atoms with Crippen molar-refractivity contribution in [1.29, 1.82) is 0 Å². The average Bonchev–Trinajstić information content (AvgIpc) is 2.52. The van der Waals surface area contributed by atoms with Gasteiger partial charge in [-0.25, -0.2) is 9.78 Å². The van der Waals surface area contributed by atoms with Crippen LogP contribution in [0.4, 0.5) is 0 Å². The zero-order valence-corrected chi connectivity index (χ0v) is 12.4. The summed E-state index contributed by atoms with van der Waals surface area (Å²) in [5.74, 6) is -2.01. The number of hydrogen-bond acceptors (Lipinski definition) is 4. The van der Waals surface area contributed by atoms with Gasteiger partial charge in [-0.15, -0.1) is 0 Å². The summed E-state index contributed by atoms with van der Waals surface area (Å²) in [5.41, 5.74) is 0.354. The van der Waals surface area contributed by atoms with Gasteiger partial charge in [0.05, 0.1) is 11.9 Å². The number of aromatic hydroxyl groups is 1. The van der Waals surface area contributed by atoms with Gasteiger partial charge in [0.25, 0.3) is 5.56 Å². The summed E-state index contributed by atoms with van der Waals surface area (Å²) in [5, 5.41) is 19.6. The van der Waals surface area contributed by atoms with Crippen LogP contribution in [0, 0.1) is 6.92 Å². The number of carboxylic acids is 1. The Hall–Kier alpha value is -3.15. The first-order valence-corrected chi connectivity index (χ1v) is 6.99. The van der Waals surface area contributed by atoms with Crippen LogP contribution in [0.3, 0.4) is 0 Å². The summed E-state index contributed by atoms with van der Waals surface area (Å²) < 4.78 is 1.28. The zero-order chi connectivity index (χ0) is 16.6. The van der Waals surface area contributed by atoms with Crippen molar-refractivity contribution in [2.75, 3.05) is 0 Å². The maximum Gasteiger partial charge on any atom is 0.345 e. The van der Waals surface area contributed by atoms with Crippen LogP contribution in [0.2, 0.25) is 0 Å². The van der Waals surface area contributed by atoms with Gasteiger partial charge in [0.15, 0.2) is 5.56 Å². The van der Waals surface area contributed by atoms with Gasteiger partial charge in [-0.05, 0) is 24.6 Å². The molecule has 2 aromatic heterocycles. The summed E-state index contributed by atoms with van der Waals surface area (Å²) in [6.45, 7) is 1.94. The summed E-state index contributed by atoms with van der Waals surface area (Å²) in [4.78, 5) is 28.2. The number of hydrogen-bond donors (Lipinski definition) is 2. The maximum absolute atomic E-state index is 12.5. The fraction of sp³-hybridized carbons (Fsp3) is 0.118. The number of pyridine rings is 2. The van der Waals surface area contributed by atoms with Crippen LogP contribution >= 0.6 is 0 Å². The minimum Gasteiger partial charge on any atom is -0.506 e. The van der Waals surface area contributed by atoms with E-state index in [4.69, 9.17) is 0 Å². The molecule has 6 heteroatoms. The van der Waals surface area contributed by atoms with Crippen molar-refractivity contribution in [3.8, 4) is 5.75 Å². The lowest BCUT2D eigenvalue weighted by Gasteiger charge is -2.13. The Bertz CT molecular complexity index is 962. The molecule has 23 heavy (non-hydrogen) atoms. The van der Waals surface area contributed by atoms with Crippen LogP contribution in [-0.2, 0) is 6.54 Å². The lowest BCUT2D eigenvalue weighted by molar-refractivity contribution is 0.0691. The van der Waals surface area contributed by atoms with Crippen molar-refractivity contribution >= 4 is 17.0 Å². The van der Waals surface area contributed by atoms with Crippen LogP contribution in [-0.4, -0.2) is 25.7 Å². The molecule has 0 bridgehead atoms. The molecule has 3 rings (SSSR count). The number of nitrogens with zero attached hydrogens (tertiary/aromatic N) is 2. The molecule has 0 unspecified atom stereocenters. The Kier molecular flexibility index (Phi) is 3.57. The third-order valence-corrected chi connectivity index (χ3v) is 3.62. The fourth-order valence-corrected chi connectivity index (χ4v) is 2.51. The number of rotatable bonds is 3. The predicted octanol–water partition coefficient (Wildman–Crippen LogP) is 2.16. The molecule has 116 valence electrons. The Balaban J connectivity index is 2.36. The van der Waals surface area contributed by atoms with Crippen molar-refractivity contribution < 1.29 is 15.0 Å². The number of aromatic nitrogens is 2. The molecule has 1 aromatic carbocycles. The molecule has 0 saturated heterocycles. The predicted molar refractivity (Wildman–Crippen MR) is 84.9 cm³/mol. The highest BCUT2D eigenvalue weighted by Gasteiger charge is 2.22. The minimum absolute atomic E-state index is 0.174. The van der Waals surface area contributed by atoms with Crippen LogP contribution in [0.1, 0.15) is 21.6 Å². The minimum atomic E-state index is -1.46. The summed E-state index contributed by atoms with van der Waals surface area (Å²) in [6, 6.07) is 12.4. The largest absolute Gasteiger partial charge is 0.506 e. The highest BCUT2D eigenvalue weighted by molar-refractivity contribution is 5.97. The van der Waals surface area contributed by atoms with Gasteiger partial charge >= 0.3 is 5.97 Å². The molecule has 0 amide bonds. The molecular weight excluding hydrogens is 296 g/mol. The highest BCUT2D eigenvalue weighted by Crippen LogP contribution is 2.26. The van der Waals surface area contributed by atoms with Crippen molar-refractivity contribution in [3.63, 3.8) is 0 Å². The fourth-order valence-electron chi connectivity index (χ4n) is 2.51. The van der Waals surface area contributed by atoms with E-state index in [0.717, 1.165) is 5.56 Å². The second-order valence-corrected chi connectivity index (χ2v) is 5.23. The van der Waals surface area contributed by atoms with E-state index in [2.05, 4.69) is 4.98 Å². The van der Waals surface area contributed by atoms with E-state index >= 15 is 0 Å². The van der Waals surface area contributed by atoms with Crippen molar-refractivity contribution in [3.05, 3.63) is 69.6 Å². The Labute approximate surface area is 131 Å². The summed E-state index contributed by atoms with van der Waals surface area (Å²) in [7, 11) is 0. The lowest BCUT2D eigenvalue weighted by atomic mass is 10.1. The van der Waals surface area contributed by atoms with Crippen LogP contribution in [0.15, 0.2) is 47.3 Å². The maximum atomic E-state index is 12.5. The highest BCUT2D eigenvalue weighted by atomic mass is 16.4. The van der Waals surface area contributed by atoms with E-state index in [1.807, 2.05) is 30.3 Å². The first kappa shape index (κ1) is 14.8. The third-order valence-electron chi connectivity index (χ3n) is 3.62. The first-order chi connectivity index (χ1) is 11.0. The Morgan fingerprint density at radius 3 is 2.52 bits per heavy atom. The van der Waals surface area contributed by atoms with Gasteiger partial charge < -0.3 is 10.2 Å². The topological polar surface area (TPSA) is 92.4 Å². The molecule has 2 heterocycles. The van der Waals surface area contributed by atoms with Crippen molar-refractivity contribution in [2.45, 2.75) is 13.5 Å². The number of benzene rings is 1. The van der Waals surface area contributed by atoms with Crippen LogP contribution in [0.5, 0.6) is 5.75 Å². The van der Waals surface area contributed by atoms with E-state index in [1.54, 1.807) is 19.1 Å². The zero-order valence-electron chi connectivity index (χ0n) is 12.4. The number of carboxylic acid groups (broad SMARTS) is 1. The van der Waals surface area contributed by atoms with Gasteiger partial charge in [-0.1, -0.05) is 30.3 Å². The normalized spacial score (nSPS) is 10.8. The first-order valence-electron chi connectivity index (χ1n) is 6.99. The standard InChI is InChI=1S/C17H14N2O4/c1-10-7-8-12-14(20)13(17(22)23)16(21)19(15(12)18-10)9-11-5-3-2-4-6-11/h2-8,20H,9H2,1H3,(H,22,23). The number of aromatic carboxylic acids is 1. The average molecular weight is 310 g/mol. The summed E-state index contributed by atoms with van der Waals surface area (Å²) in [6.07, 6.45) is 0. The molecule has 3 aromatic rings. The second kappa shape index (κ2) is 5.57. The van der Waals surface area contributed by atoms with E-state index in [9.17, 15) is 19.8 Å². The van der Waals surface area contributed by atoms with Gasteiger partial charge in [0.2, 0.25) is 0 Å². The second-order valence-electron chi connectivity index (χ2n) is 5.23. The molecular formula is C17H14N2O4. The Morgan fingerprint density at radius 2 is 1.87 bits per heavy atom. The molecule has 0 fully saturated rings. The molecule has 0 radical (unpaired) electrons. The third kappa shape index (κ3) is 2.55. The summed E-state index contributed by atoms with van der Waals surface area (Å²) >= 11 is 0. The van der Waals surface area contributed by atoms with Crippen molar-refractivity contribution in [2.24, 2.45) is 0 Å². The van der Waals surface area contributed by atoms with E-state index in [1.165, 1.54) is 4.57 Å². The van der Waals surface area contributed by atoms with E-state index in [0.29, 0.717) is 5.69 Å². The molecule has 6 nitrogen and oxygen atoms in total. The molecule has 0 spiro atoms. The van der Waals surface area contributed by atoms with Gasteiger partial charge in [-0.3, -0.25) is 9.36 Å². The SMILES string of the molecule is Cc1ccc2c(O)c(C(=O)O)c(=O)n(Cc3ccccc3)c2n1. The van der Waals surface area contributed by atoms with E-state index < -0.39 is 22.8 Å². The smallest absolute Gasteiger partial charge is 0.345 e. The van der Waals surface area contributed by atoms with E-state index in [-0.39, 0.29) is 17.6 Å². The number of fused-ring (bicyclic) bond motifs is 1. The lowest BCUT2D eigenvalue weighted by Crippen LogP contribution is -2.28. The van der Waals surface area contributed by atoms with Crippen LogP contribution < -0.4 is 5.56 Å². The Morgan fingerprint density at radius 1 is 1.17 bits per heavy atom.